The molecule has 2 unspecified atom stereocenters. The van der Waals surface area contributed by atoms with Gasteiger partial charge in [0.15, 0.2) is 23.5 Å². The molecule has 4 fully saturated rings. The summed E-state index contributed by atoms with van der Waals surface area (Å²) in [4.78, 5) is 25.2. The normalized spacial score (nSPS) is 23.5. The van der Waals surface area contributed by atoms with Gasteiger partial charge in [0.25, 0.3) is 0 Å². The van der Waals surface area contributed by atoms with Gasteiger partial charge in [0.05, 0.1) is 41.6 Å². The minimum Gasteiger partial charge on any atom is -0.486 e. The van der Waals surface area contributed by atoms with Gasteiger partial charge in [-0.05, 0) is 202 Å². The molecule has 1 aliphatic heterocycles. The molecule has 0 aromatic heterocycles. The van der Waals surface area contributed by atoms with E-state index < -0.39 is 88.3 Å². The molecule has 4 aliphatic carbocycles. The van der Waals surface area contributed by atoms with E-state index >= 15 is 0 Å². The average molecular weight is 1680 g/mol. The van der Waals surface area contributed by atoms with E-state index in [1.54, 1.807) is 12.2 Å². The number of halogens is 7. The van der Waals surface area contributed by atoms with Gasteiger partial charge in [0.1, 0.15) is 30.3 Å². The van der Waals surface area contributed by atoms with Crippen molar-refractivity contribution >= 4 is 34.4 Å². The van der Waals surface area contributed by atoms with Crippen molar-refractivity contribution < 1.29 is 97.9 Å². The third kappa shape index (κ3) is 28.4. The second-order valence-electron chi connectivity index (χ2n) is 29.8. The van der Waals surface area contributed by atoms with Crippen LogP contribution in [0.1, 0.15) is 162 Å². The Labute approximate surface area is 691 Å². The molecule has 28 heteroatoms. The van der Waals surface area contributed by atoms with Crippen LogP contribution in [0, 0.1) is 28.6 Å². The SMILES string of the molecule is CCC[C@@H]1O[C@@H]2C[C@H]3[C@@H]4CCC5=CC(=O)C=C[C@]5(C)[C@H]4[C@@H](O)C[C@]3(C)[C@]2(C(=O)CO)O1.CNCCC(Oc1ccc(C(F)(F)F)cc1)c1ccccc1.CNCCC(Oc1ccc(C(F)(F)F)cc1)c1ccccc1.CN[C@@H](C)[C@@H](O)c1ccccc1.CN[C@@H](C)[C@@H](O)c1ccccc1.CN[C@@H](C)[C@@H](O)c1ccccc1.Cl.O=S(=O)(O)O. The number of aliphatic hydroxyl groups excluding tert-OH is 5. The summed E-state index contributed by atoms with van der Waals surface area (Å²) in [6.45, 7) is 13.0. The monoisotopic (exact) mass is 1680 g/mol. The third-order valence-electron chi connectivity index (χ3n) is 22.2. The number of ketones is 2. The number of nitrogens with one attached hydrogen (secondary N) is 5. The highest BCUT2D eigenvalue weighted by Crippen LogP contribution is 2.70. The number of carbonyl (C=O) groups excluding carboxylic acids is 2. The predicted octanol–water partition coefficient (Wildman–Crippen LogP) is 15.3. The second-order valence-corrected chi connectivity index (χ2v) is 30.7. The molecular formula is C89H118ClF6N5O15S. The van der Waals surface area contributed by atoms with E-state index in [-0.39, 0.29) is 77.5 Å². The lowest BCUT2D eigenvalue weighted by molar-refractivity contribution is -0.200. The Hall–Kier alpha value is -7.78. The number of allylic oxidation sites excluding steroid dienone is 4. The van der Waals surface area contributed by atoms with Crippen molar-refractivity contribution in [2.75, 3.05) is 54.9 Å². The van der Waals surface area contributed by atoms with Gasteiger partial charge in [-0.2, -0.15) is 34.8 Å². The highest BCUT2D eigenvalue weighted by Gasteiger charge is 2.75. The number of ether oxygens (including phenoxy) is 4. The maximum atomic E-state index is 13.2. The number of rotatable bonds is 25. The minimum absolute atomic E-state index is 0. The molecule has 12 rings (SSSR count). The topological polar surface area (TPSA) is 307 Å². The second kappa shape index (κ2) is 47.3. The molecular weight excluding hydrogens is 1560 g/mol. The largest absolute Gasteiger partial charge is 0.486 e. The Balaban J connectivity index is 0.000000256. The zero-order chi connectivity index (χ0) is 85.6. The van der Waals surface area contributed by atoms with Crippen molar-refractivity contribution in [3.05, 3.63) is 263 Å². The fraction of sp³-hybridized carbons (Fsp3) is 0.461. The maximum Gasteiger partial charge on any atom is 0.416 e. The minimum atomic E-state index is -4.67. The first-order valence-electron chi connectivity index (χ1n) is 39.1. The maximum absolute atomic E-state index is 13.2. The van der Waals surface area contributed by atoms with Crippen LogP contribution in [0.4, 0.5) is 26.3 Å². The van der Waals surface area contributed by atoms with Crippen molar-refractivity contribution in [2.24, 2.45) is 28.6 Å². The summed E-state index contributed by atoms with van der Waals surface area (Å²) in [6, 6.07) is 58.1. The van der Waals surface area contributed by atoms with Gasteiger partial charge in [0.2, 0.25) is 0 Å². The molecule has 1 saturated heterocycles. The van der Waals surface area contributed by atoms with E-state index in [0.717, 1.165) is 103 Å². The Morgan fingerprint density at radius 1 is 0.590 bits per heavy atom. The van der Waals surface area contributed by atoms with Crippen LogP contribution in [-0.4, -0.2) is 152 Å². The molecule has 20 nitrogen and oxygen atoms in total. The molecule has 1 heterocycles. The van der Waals surface area contributed by atoms with Crippen LogP contribution in [0.3, 0.4) is 0 Å². The molecule has 0 radical (unpaired) electrons. The van der Waals surface area contributed by atoms with Gasteiger partial charge in [-0.25, -0.2) is 0 Å². The number of alkyl halides is 6. The van der Waals surface area contributed by atoms with Crippen molar-refractivity contribution in [3.63, 3.8) is 0 Å². The van der Waals surface area contributed by atoms with Crippen LogP contribution in [0.5, 0.6) is 11.5 Å². The molecule has 0 spiro atoms. The first-order chi connectivity index (χ1) is 55.0. The lowest BCUT2D eigenvalue weighted by atomic mass is 9.46. The third-order valence-corrected chi connectivity index (χ3v) is 22.2. The molecule has 0 amide bonds. The van der Waals surface area contributed by atoms with E-state index in [1.807, 2.05) is 214 Å². The molecule has 644 valence electrons. The summed E-state index contributed by atoms with van der Waals surface area (Å²) in [5.74, 6) is 0.885. The van der Waals surface area contributed by atoms with Gasteiger partial charge in [-0.1, -0.05) is 191 Å². The van der Waals surface area contributed by atoms with Crippen molar-refractivity contribution in [3.8, 4) is 11.5 Å². The fourth-order valence-corrected chi connectivity index (χ4v) is 15.7. The Morgan fingerprint density at radius 2 is 0.949 bits per heavy atom. The summed E-state index contributed by atoms with van der Waals surface area (Å²) >= 11 is 0. The van der Waals surface area contributed by atoms with Crippen molar-refractivity contribution in [1.29, 1.82) is 0 Å². The lowest BCUT2D eigenvalue weighted by Crippen LogP contribution is -2.63. The molecule has 7 aromatic rings. The van der Waals surface area contributed by atoms with Crippen LogP contribution < -0.4 is 36.1 Å². The van der Waals surface area contributed by atoms with Crippen LogP contribution in [0.15, 0.2) is 224 Å². The highest BCUT2D eigenvalue weighted by atomic mass is 35.5. The molecule has 117 heavy (non-hydrogen) atoms. The first-order valence-corrected chi connectivity index (χ1v) is 40.5. The van der Waals surface area contributed by atoms with E-state index in [4.69, 9.17) is 36.5 Å². The Kier molecular flexibility index (Phi) is 40.3. The van der Waals surface area contributed by atoms with Gasteiger partial charge in [-0.15, -0.1) is 12.4 Å². The summed E-state index contributed by atoms with van der Waals surface area (Å²) < 4.78 is 131. The van der Waals surface area contributed by atoms with E-state index in [1.165, 1.54) is 24.3 Å². The molecule has 7 aromatic carbocycles. The van der Waals surface area contributed by atoms with Crippen LogP contribution >= 0.6 is 12.4 Å². The number of benzene rings is 7. The lowest BCUT2D eigenvalue weighted by Gasteiger charge is -2.59. The smallest absolute Gasteiger partial charge is 0.416 e. The summed E-state index contributed by atoms with van der Waals surface area (Å²) in [7, 11) is 4.56. The van der Waals surface area contributed by atoms with Crippen molar-refractivity contribution in [2.45, 2.75) is 178 Å². The predicted molar refractivity (Wildman–Crippen MR) is 444 cm³/mol. The average Bonchev–Trinajstić information content (AvgIpc) is 1.52. The summed E-state index contributed by atoms with van der Waals surface area (Å²) in [5.41, 5.74) is 2.47. The Morgan fingerprint density at radius 3 is 1.27 bits per heavy atom. The van der Waals surface area contributed by atoms with Crippen LogP contribution in [0.25, 0.3) is 0 Å². The number of carbonyl (C=O) groups is 2. The number of aliphatic hydroxyl groups is 5. The molecule has 12 N–H and O–H groups in total. The van der Waals surface area contributed by atoms with Gasteiger partial charge in [-0.3, -0.25) is 18.7 Å². The van der Waals surface area contributed by atoms with Gasteiger partial charge < -0.3 is 71.1 Å². The van der Waals surface area contributed by atoms with E-state index in [2.05, 4.69) is 47.4 Å². The fourth-order valence-electron chi connectivity index (χ4n) is 15.7. The summed E-state index contributed by atoms with van der Waals surface area (Å²) in [6.07, 6.45) is -0.566. The number of hydrogen-bond donors (Lipinski definition) is 12. The molecule has 5 aliphatic rings. The zero-order valence-corrected chi connectivity index (χ0v) is 69.8. The standard InChI is InChI=1S/C25H34O6.2C17H18F3NO.3C10H15NO.ClH.H2O4S/c1-4-5-21-30-20-11-17-16-7-6-14-10-15(27)8-9-23(14,2)22(16)18(28)12-24(17,3)25(20,31-21)19(29)13-26;2*1-21-12-11-16(13-5-3-2-4-6-13)22-15-9-7-14(8-10-15)17(18,19)20;3*1-8(11-2)10(12)9-6-4-3-5-7-9;;1-5(2,3)4/h8-10,16-18,20-22,26,28H,4-7,11-13H2,1-3H3;2*2-10,16,21H,11-12H2,1H3;3*3-8,10-12H,1-2H3;1H;(H2,1,2,3,4)/t16-,17-,18-,20+,21+,22+,23-,24-,25+;;;3*8-,10+;;/m0..000../s1. The number of Topliss-reactive ketones (excluding diaryl/α,β-unsaturated/α-hetero) is 1. The van der Waals surface area contributed by atoms with Crippen molar-refractivity contribution in [1.82, 2.24) is 26.6 Å². The molecule has 0 bridgehead atoms. The van der Waals surface area contributed by atoms with Gasteiger partial charge >= 0.3 is 22.8 Å². The van der Waals surface area contributed by atoms with Crippen LogP contribution in [-0.2, 0) is 41.8 Å². The molecule has 3 saturated carbocycles. The zero-order valence-electron chi connectivity index (χ0n) is 68.1. The van der Waals surface area contributed by atoms with E-state index in [0.29, 0.717) is 30.8 Å². The number of fused-ring (bicyclic) bond motifs is 7. The van der Waals surface area contributed by atoms with Gasteiger partial charge in [0, 0.05) is 47.7 Å². The number of hydrogen-bond acceptors (Lipinski definition) is 18. The quantitative estimate of drug-likeness (QED) is 0.0187. The first kappa shape index (κ1) is 99.8. The summed E-state index contributed by atoms with van der Waals surface area (Å²) in [5, 5.41) is 65.7. The van der Waals surface area contributed by atoms with E-state index in [9.17, 15) is 61.5 Å². The molecule has 17 atom stereocenters. The highest BCUT2D eigenvalue weighted by molar-refractivity contribution is 7.79. The number of likely N-dealkylation sites (N-methyl/N-ethyl adjacent to an activating group) is 3. The van der Waals surface area contributed by atoms with Crippen LogP contribution in [0.2, 0.25) is 0 Å². The Bertz CT molecular complexity index is 3980.